The fourth-order valence-electron chi connectivity index (χ4n) is 1.94. The molecule has 1 atom stereocenters. The van der Waals surface area contributed by atoms with Crippen LogP contribution in [0, 0.1) is 11.8 Å². The first kappa shape index (κ1) is 15.0. The van der Waals surface area contributed by atoms with Crippen LogP contribution < -0.4 is 5.32 Å². The number of nitrogens with one attached hydrogen (secondary N) is 1. The lowest BCUT2D eigenvalue weighted by atomic mass is 9.96. The van der Waals surface area contributed by atoms with Crippen LogP contribution in [0.5, 0.6) is 0 Å². The van der Waals surface area contributed by atoms with Crippen molar-refractivity contribution in [1.82, 2.24) is 5.32 Å². The summed E-state index contributed by atoms with van der Waals surface area (Å²) in [6.45, 7) is 7.95. The predicted molar refractivity (Wildman–Crippen MR) is 70.4 cm³/mol. The Morgan fingerprint density at radius 1 is 1.33 bits per heavy atom. The SMILES string of the molecule is CCC(=O)CC(CNC(=O)OC(C)(C)C)C1CC1. The van der Waals surface area contributed by atoms with Crippen molar-refractivity contribution < 1.29 is 14.3 Å². The van der Waals surface area contributed by atoms with Gasteiger partial charge in [-0.3, -0.25) is 4.79 Å². The Kier molecular flexibility index (Phi) is 5.17. The minimum atomic E-state index is -0.474. The number of carbonyl (C=O) groups is 2. The Balaban J connectivity index is 2.33. The molecule has 1 aliphatic carbocycles. The monoisotopic (exact) mass is 255 g/mol. The maximum atomic E-state index is 11.5. The number of rotatable bonds is 6. The van der Waals surface area contributed by atoms with Crippen LogP contribution in [0.25, 0.3) is 0 Å². The molecule has 4 nitrogen and oxygen atoms in total. The lowest BCUT2D eigenvalue weighted by Gasteiger charge is -2.21. The molecular weight excluding hydrogens is 230 g/mol. The molecule has 1 aliphatic rings. The van der Waals surface area contributed by atoms with Crippen molar-refractivity contribution in [3.8, 4) is 0 Å². The van der Waals surface area contributed by atoms with Crippen molar-refractivity contribution in [2.45, 2.75) is 59.0 Å². The fourth-order valence-corrected chi connectivity index (χ4v) is 1.94. The van der Waals surface area contributed by atoms with Gasteiger partial charge in [0.1, 0.15) is 11.4 Å². The van der Waals surface area contributed by atoms with Crippen molar-refractivity contribution in [3.63, 3.8) is 0 Å². The summed E-state index contributed by atoms with van der Waals surface area (Å²) in [7, 11) is 0. The van der Waals surface area contributed by atoms with E-state index < -0.39 is 11.7 Å². The summed E-state index contributed by atoms with van der Waals surface area (Å²) >= 11 is 0. The average Bonchev–Trinajstić information content (AvgIpc) is 3.04. The summed E-state index contributed by atoms with van der Waals surface area (Å²) in [5, 5.41) is 2.78. The van der Waals surface area contributed by atoms with Crippen LogP contribution in [0.3, 0.4) is 0 Å². The number of alkyl carbamates (subject to hydrolysis) is 1. The van der Waals surface area contributed by atoms with Crippen LogP contribution in [0.4, 0.5) is 4.79 Å². The van der Waals surface area contributed by atoms with Gasteiger partial charge < -0.3 is 10.1 Å². The first-order valence-corrected chi connectivity index (χ1v) is 6.80. The highest BCUT2D eigenvalue weighted by atomic mass is 16.6. The Morgan fingerprint density at radius 2 is 1.94 bits per heavy atom. The van der Waals surface area contributed by atoms with Gasteiger partial charge in [-0.1, -0.05) is 6.92 Å². The zero-order valence-electron chi connectivity index (χ0n) is 11.9. The molecule has 0 aromatic heterocycles. The van der Waals surface area contributed by atoms with Crippen LogP contribution >= 0.6 is 0 Å². The summed E-state index contributed by atoms with van der Waals surface area (Å²) in [6, 6.07) is 0. The van der Waals surface area contributed by atoms with E-state index in [0.29, 0.717) is 25.3 Å². The number of ether oxygens (including phenoxy) is 1. The molecule has 0 radical (unpaired) electrons. The molecule has 0 bridgehead atoms. The van der Waals surface area contributed by atoms with Crippen molar-refractivity contribution >= 4 is 11.9 Å². The van der Waals surface area contributed by atoms with E-state index in [-0.39, 0.29) is 11.7 Å². The molecule has 0 saturated heterocycles. The van der Waals surface area contributed by atoms with Crippen molar-refractivity contribution in [3.05, 3.63) is 0 Å². The molecule has 1 fully saturated rings. The average molecular weight is 255 g/mol. The summed E-state index contributed by atoms with van der Waals surface area (Å²) < 4.78 is 5.18. The molecule has 0 heterocycles. The smallest absolute Gasteiger partial charge is 0.407 e. The largest absolute Gasteiger partial charge is 0.444 e. The van der Waals surface area contributed by atoms with Gasteiger partial charge in [0.2, 0.25) is 0 Å². The van der Waals surface area contributed by atoms with Crippen LogP contribution in [0.2, 0.25) is 0 Å². The lowest BCUT2D eigenvalue weighted by Crippen LogP contribution is -2.36. The van der Waals surface area contributed by atoms with E-state index in [1.165, 1.54) is 12.8 Å². The van der Waals surface area contributed by atoms with E-state index in [0.717, 1.165) is 0 Å². The normalized spacial score (nSPS) is 17.1. The molecule has 0 aromatic rings. The highest BCUT2D eigenvalue weighted by molar-refractivity contribution is 5.78. The summed E-state index contributed by atoms with van der Waals surface area (Å²) in [6.07, 6.45) is 3.12. The van der Waals surface area contributed by atoms with Gasteiger partial charge in [0, 0.05) is 19.4 Å². The van der Waals surface area contributed by atoms with Crippen molar-refractivity contribution in [2.75, 3.05) is 6.54 Å². The molecule has 0 aromatic carbocycles. The standard InChI is InChI=1S/C14H25NO3/c1-5-12(16)8-11(10-6-7-10)9-15-13(17)18-14(2,3)4/h10-11H,5-9H2,1-4H3,(H,15,17). The third-order valence-corrected chi connectivity index (χ3v) is 3.08. The van der Waals surface area contributed by atoms with Crippen LogP contribution in [0.1, 0.15) is 53.4 Å². The Hall–Kier alpha value is -1.06. The minimum Gasteiger partial charge on any atom is -0.444 e. The quantitative estimate of drug-likeness (QED) is 0.794. The highest BCUT2D eigenvalue weighted by Gasteiger charge is 2.32. The number of Topliss-reactive ketones (excluding diaryl/α,β-unsaturated/α-hetero) is 1. The van der Waals surface area contributed by atoms with Gasteiger partial charge in [0.25, 0.3) is 0 Å². The second-order valence-corrected chi connectivity index (χ2v) is 6.08. The predicted octanol–water partition coefficient (Wildman–Crippen LogP) is 2.91. The molecule has 4 heteroatoms. The molecule has 1 unspecified atom stereocenters. The van der Waals surface area contributed by atoms with Gasteiger partial charge in [-0.15, -0.1) is 0 Å². The van der Waals surface area contributed by atoms with Crippen molar-refractivity contribution in [2.24, 2.45) is 11.8 Å². The minimum absolute atomic E-state index is 0.276. The maximum absolute atomic E-state index is 11.5. The first-order valence-electron chi connectivity index (χ1n) is 6.80. The van der Waals surface area contributed by atoms with E-state index in [4.69, 9.17) is 4.74 Å². The van der Waals surface area contributed by atoms with E-state index in [1.807, 2.05) is 27.7 Å². The van der Waals surface area contributed by atoms with Gasteiger partial charge in [0.05, 0.1) is 0 Å². The number of hydrogen-bond donors (Lipinski definition) is 1. The van der Waals surface area contributed by atoms with Gasteiger partial charge >= 0.3 is 6.09 Å². The zero-order valence-corrected chi connectivity index (χ0v) is 11.9. The number of hydrogen-bond acceptors (Lipinski definition) is 3. The summed E-state index contributed by atoms with van der Waals surface area (Å²) in [4.78, 5) is 23.0. The lowest BCUT2D eigenvalue weighted by molar-refractivity contribution is -0.119. The van der Waals surface area contributed by atoms with Gasteiger partial charge in [-0.2, -0.15) is 0 Å². The van der Waals surface area contributed by atoms with Gasteiger partial charge in [-0.05, 0) is 45.4 Å². The van der Waals surface area contributed by atoms with Crippen molar-refractivity contribution in [1.29, 1.82) is 0 Å². The molecule has 1 saturated carbocycles. The molecule has 0 aliphatic heterocycles. The van der Waals surface area contributed by atoms with Gasteiger partial charge in [-0.25, -0.2) is 4.79 Å². The second kappa shape index (κ2) is 6.21. The Bertz CT molecular complexity index is 303. The fraction of sp³-hybridized carbons (Fsp3) is 0.857. The first-order chi connectivity index (χ1) is 8.31. The van der Waals surface area contributed by atoms with E-state index in [2.05, 4.69) is 5.32 Å². The maximum Gasteiger partial charge on any atom is 0.407 e. The number of carbonyl (C=O) groups excluding carboxylic acids is 2. The third-order valence-electron chi connectivity index (χ3n) is 3.08. The summed E-state index contributed by atoms with van der Waals surface area (Å²) in [5.74, 6) is 1.17. The summed E-state index contributed by atoms with van der Waals surface area (Å²) in [5.41, 5.74) is -0.474. The molecule has 104 valence electrons. The van der Waals surface area contributed by atoms with Gasteiger partial charge in [0.15, 0.2) is 0 Å². The van der Waals surface area contributed by atoms with E-state index in [9.17, 15) is 9.59 Å². The molecule has 1 amide bonds. The van der Waals surface area contributed by atoms with E-state index in [1.54, 1.807) is 0 Å². The topological polar surface area (TPSA) is 55.4 Å². The van der Waals surface area contributed by atoms with E-state index >= 15 is 0 Å². The molecule has 1 N–H and O–H groups in total. The Morgan fingerprint density at radius 3 is 2.39 bits per heavy atom. The third kappa shape index (κ3) is 6.03. The second-order valence-electron chi connectivity index (χ2n) is 6.08. The zero-order chi connectivity index (χ0) is 13.8. The Labute approximate surface area is 109 Å². The van der Waals surface area contributed by atoms with Crippen LogP contribution in [-0.2, 0) is 9.53 Å². The molecular formula is C14H25NO3. The van der Waals surface area contributed by atoms with Crippen LogP contribution in [-0.4, -0.2) is 24.0 Å². The highest BCUT2D eigenvalue weighted by Crippen LogP contribution is 2.38. The van der Waals surface area contributed by atoms with Crippen LogP contribution in [0.15, 0.2) is 0 Å². The number of amides is 1. The molecule has 18 heavy (non-hydrogen) atoms. The molecule has 1 rings (SSSR count). The molecule has 0 spiro atoms. The number of ketones is 1.